The molecule has 1 heterocycles. The summed E-state index contributed by atoms with van der Waals surface area (Å²) in [5.41, 5.74) is 1.15. The van der Waals surface area contributed by atoms with Crippen molar-refractivity contribution >= 4 is 22.5 Å². The molecule has 0 atom stereocenters. The molecule has 0 bridgehead atoms. The van der Waals surface area contributed by atoms with Gasteiger partial charge in [0.1, 0.15) is 35.3 Å². The average Bonchev–Trinajstić information content (AvgIpc) is 2.92. The summed E-state index contributed by atoms with van der Waals surface area (Å²) in [5.74, 6) is 1.06. The van der Waals surface area contributed by atoms with Crippen molar-refractivity contribution in [2.45, 2.75) is 6.92 Å². The first-order valence-corrected chi connectivity index (χ1v) is 7.51. The molecule has 0 saturated heterocycles. The normalized spacial score (nSPS) is 10.1. The minimum Gasteiger partial charge on any atom is -0.497 e. The Morgan fingerprint density at radius 3 is 2.55 bits per heavy atom. The van der Waals surface area contributed by atoms with Crippen LogP contribution in [-0.4, -0.2) is 37.7 Å². The van der Waals surface area contributed by atoms with Crippen molar-refractivity contribution in [1.29, 1.82) is 0 Å². The molecule has 22 heavy (non-hydrogen) atoms. The van der Waals surface area contributed by atoms with Crippen molar-refractivity contribution in [2.75, 3.05) is 32.7 Å². The van der Waals surface area contributed by atoms with E-state index in [-0.39, 0.29) is 13.2 Å². The SMILES string of the molecule is CNc1snc(C)c1C(=O)OCCOc1ccc(OC)cc1. The fourth-order valence-corrected chi connectivity index (χ4v) is 2.55. The van der Waals surface area contributed by atoms with E-state index in [0.29, 0.717) is 22.0 Å². The number of hydrogen-bond donors (Lipinski definition) is 1. The predicted octanol–water partition coefficient (Wildman–Crippen LogP) is 2.74. The van der Waals surface area contributed by atoms with E-state index in [9.17, 15) is 4.79 Å². The van der Waals surface area contributed by atoms with E-state index in [2.05, 4.69) is 9.69 Å². The summed E-state index contributed by atoms with van der Waals surface area (Å²) in [7, 11) is 3.35. The van der Waals surface area contributed by atoms with Crippen molar-refractivity contribution in [3.8, 4) is 11.5 Å². The Morgan fingerprint density at radius 2 is 1.91 bits per heavy atom. The molecule has 0 saturated carbocycles. The van der Waals surface area contributed by atoms with Gasteiger partial charge in [0, 0.05) is 7.05 Å². The van der Waals surface area contributed by atoms with Gasteiger partial charge in [0.15, 0.2) is 0 Å². The lowest BCUT2D eigenvalue weighted by molar-refractivity contribution is 0.0451. The maximum Gasteiger partial charge on any atom is 0.343 e. The Bertz CT molecular complexity index is 625. The van der Waals surface area contributed by atoms with Crippen LogP contribution in [0.25, 0.3) is 0 Å². The zero-order chi connectivity index (χ0) is 15.9. The van der Waals surface area contributed by atoms with Gasteiger partial charge in [0.05, 0.1) is 12.8 Å². The van der Waals surface area contributed by atoms with Crippen LogP contribution in [0.1, 0.15) is 16.1 Å². The second-order valence-corrected chi connectivity index (χ2v) is 5.16. The van der Waals surface area contributed by atoms with Gasteiger partial charge in [-0.2, -0.15) is 4.37 Å². The molecule has 2 rings (SSSR count). The number of ether oxygens (including phenoxy) is 3. The van der Waals surface area contributed by atoms with Crippen LogP contribution in [0.3, 0.4) is 0 Å². The zero-order valence-electron chi connectivity index (χ0n) is 12.7. The van der Waals surface area contributed by atoms with Crippen LogP contribution < -0.4 is 14.8 Å². The summed E-state index contributed by atoms with van der Waals surface area (Å²) >= 11 is 1.24. The number of aromatic nitrogens is 1. The molecule has 118 valence electrons. The van der Waals surface area contributed by atoms with Crippen molar-refractivity contribution < 1.29 is 19.0 Å². The number of methoxy groups -OCH3 is 1. The molecule has 1 N–H and O–H groups in total. The van der Waals surface area contributed by atoms with Gasteiger partial charge in [-0.25, -0.2) is 4.79 Å². The van der Waals surface area contributed by atoms with Crippen molar-refractivity contribution in [1.82, 2.24) is 4.37 Å². The second-order valence-electron chi connectivity index (χ2n) is 4.38. The molecular weight excluding hydrogens is 304 g/mol. The highest BCUT2D eigenvalue weighted by Gasteiger charge is 2.18. The van der Waals surface area contributed by atoms with E-state index in [1.807, 2.05) is 0 Å². The van der Waals surface area contributed by atoms with Crippen molar-refractivity contribution in [2.24, 2.45) is 0 Å². The number of carbonyl (C=O) groups is 1. The van der Waals surface area contributed by atoms with Crippen molar-refractivity contribution in [3.63, 3.8) is 0 Å². The number of nitrogens with one attached hydrogen (secondary N) is 1. The lowest BCUT2D eigenvalue weighted by atomic mass is 10.2. The standard InChI is InChI=1S/C15H18N2O4S/c1-10-13(14(16-2)22-17-10)15(18)21-9-8-20-12-6-4-11(19-3)5-7-12/h4-7,16H,8-9H2,1-3H3. The minimum atomic E-state index is -0.395. The van der Waals surface area contributed by atoms with E-state index in [1.165, 1.54) is 11.5 Å². The number of hydrogen-bond acceptors (Lipinski definition) is 7. The topological polar surface area (TPSA) is 69.7 Å². The zero-order valence-corrected chi connectivity index (χ0v) is 13.5. The molecular formula is C15H18N2O4S. The van der Waals surface area contributed by atoms with Crippen LogP contribution in [0, 0.1) is 6.92 Å². The Kier molecular flexibility index (Phi) is 5.60. The van der Waals surface area contributed by atoms with Gasteiger partial charge in [0.2, 0.25) is 0 Å². The molecule has 1 aromatic heterocycles. The van der Waals surface area contributed by atoms with E-state index in [1.54, 1.807) is 45.3 Å². The summed E-state index contributed by atoms with van der Waals surface area (Å²) in [6.07, 6.45) is 0. The fourth-order valence-electron chi connectivity index (χ4n) is 1.82. The highest BCUT2D eigenvalue weighted by Crippen LogP contribution is 2.24. The molecule has 0 amide bonds. The molecule has 0 unspecified atom stereocenters. The van der Waals surface area contributed by atoms with Crippen LogP contribution in [-0.2, 0) is 4.74 Å². The number of carbonyl (C=O) groups excluding carboxylic acids is 1. The fraction of sp³-hybridized carbons (Fsp3) is 0.333. The number of esters is 1. The summed E-state index contributed by atoms with van der Waals surface area (Å²) < 4.78 is 19.9. The third kappa shape index (κ3) is 3.88. The molecule has 7 heteroatoms. The molecule has 6 nitrogen and oxygen atoms in total. The van der Waals surface area contributed by atoms with E-state index < -0.39 is 5.97 Å². The monoisotopic (exact) mass is 322 g/mol. The van der Waals surface area contributed by atoms with Crippen LogP contribution >= 0.6 is 11.5 Å². The summed E-state index contributed by atoms with van der Waals surface area (Å²) in [6, 6.07) is 7.21. The molecule has 0 spiro atoms. The number of benzene rings is 1. The first-order chi connectivity index (χ1) is 10.7. The summed E-state index contributed by atoms with van der Waals surface area (Å²) in [6.45, 7) is 2.23. The lowest BCUT2D eigenvalue weighted by Gasteiger charge is -2.08. The van der Waals surface area contributed by atoms with E-state index in [0.717, 1.165) is 5.75 Å². The third-order valence-electron chi connectivity index (χ3n) is 2.94. The number of anilines is 1. The molecule has 0 aliphatic heterocycles. The maximum atomic E-state index is 12.0. The molecule has 1 aromatic carbocycles. The second kappa shape index (κ2) is 7.65. The Labute approximate surface area is 133 Å². The molecule has 0 aliphatic rings. The molecule has 0 radical (unpaired) electrons. The summed E-state index contributed by atoms with van der Waals surface area (Å²) in [4.78, 5) is 12.0. The van der Waals surface area contributed by atoms with Crippen molar-refractivity contribution in [3.05, 3.63) is 35.5 Å². The third-order valence-corrected chi connectivity index (χ3v) is 3.89. The van der Waals surface area contributed by atoms with Crippen LogP contribution in [0.15, 0.2) is 24.3 Å². The van der Waals surface area contributed by atoms with Gasteiger partial charge in [-0.1, -0.05) is 0 Å². The summed E-state index contributed by atoms with van der Waals surface area (Å²) in [5, 5.41) is 3.64. The molecule has 0 aliphatic carbocycles. The highest BCUT2D eigenvalue weighted by atomic mass is 32.1. The predicted molar refractivity (Wildman–Crippen MR) is 85.2 cm³/mol. The van der Waals surface area contributed by atoms with Crippen LogP contribution in [0.4, 0.5) is 5.00 Å². The quantitative estimate of drug-likeness (QED) is 0.624. The largest absolute Gasteiger partial charge is 0.497 e. The Morgan fingerprint density at radius 1 is 1.23 bits per heavy atom. The number of rotatable bonds is 7. The smallest absolute Gasteiger partial charge is 0.343 e. The van der Waals surface area contributed by atoms with Gasteiger partial charge < -0.3 is 19.5 Å². The average molecular weight is 322 g/mol. The van der Waals surface area contributed by atoms with Gasteiger partial charge in [0.25, 0.3) is 0 Å². The molecule has 2 aromatic rings. The maximum absolute atomic E-state index is 12.0. The molecule has 0 fully saturated rings. The minimum absolute atomic E-state index is 0.170. The highest BCUT2D eigenvalue weighted by molar-refractivity contribution is 7.10. The van der Waals surface area contributed by atoms with Crippen LogP contribution in [0.2, 0.25) is 0 Å². The lowest BCUT2D eigenvalue weighted by Crippen LogP contribution is -2.13. The Hall–Kier alpha value is -2.28. The van der Waals surface area contributed by atoms with Crippen LogP contribution in [0.5, 0.6) is 11.5 Å². The van der Waals surface area contributed by atoms with E-state index >= 15 is 0 Å². The number of aryl methyl sites for hydroxylation is 1. The van der Waals surface area contributed by atoms with Gasteiger partial charge in [-0.15, -0.1) is 0 Å². The van der Waals surface area contributed by atoms with Gasteiger partial charge in [-0.3, -0.25) is 0 Å². The van der Waals surface area contributed by atoms with E-state index in [4.69, 9.17) is 14.2 Å². The van der Waals surface area contributed by atoms with Gasteiger partial charge >= 0.3 is 5.97 Å². The number of nitrogens with zero attached hydrogens (tertiary/aromatic N) is 1. The first kappa shape index (κ1) is 16.1. The van der Waals surface area contributed by atoms with Gasteiger partial charge in [-0.05, 0) is 42.7 Å². The first-order valence-electron chi connectivity index (χ1n) is 6.73. The Balaban J connectivity index is 1.80.